The van der Waals surface area contributed by atoms with Gasteiger partial charge < -0.3 is 24.8 Å². The van der Waals surface area contributed by atoms with E-state index in [1.165, 1.54) is 0 Å². The SMILES string of the molecule is Oc1oc(O)c(O)c1O. The van der Waals surface area contributed by atoms with Gasteiger partial charge in [0.2, 0.25) is 11.5 Å². The van der Waals surface area contributed by atoms with Gasteiger partial charge in [0.15, 0.2) is 0 Å². The number of hydrogen-bond acceptors (Lipinski definition) is 5. The summed E-state index contributed by atoms with van der Waals surface area (Å²) in [5.41, 5.74) is 0. The van der Waals surface area contributed by atoms with Gasteiger partial charge in [0.1, 0.15) is 0 Å². The molecule has 1 rings (SSSR count). The predicted molar refractivity (Wildman–Crippen MR) is 25.4 cm³/mol. The third kappa shape index (κ3) is 0.620. The lowest BCUT2D eigenvalue weighted by molar-refractivity contribution is 0.252. The van der Waals surface area contributed by atoms with Crippen molar-refractivity contribution in [3.05, 3.63) is 0 Å². The van der Waals surface area contributed by atoms with E-state index >= 15 is 0 Å². The van der Waals surface area contributed by atoms with Crippen LogP contribution < -0.4 is 0 Å². The Balaban J connectivity index is 3.29. The van der Waals surface area contributed by atoms with Crippen molar-refractivity contribution in [1.29, 1.82) is 0 Å². The van der Waals surface area contributed by atoms with Crippen LogP contribution >= 0.6 is 0 Å². The minimum Gasteiger partial charge on any atom is -0.499 e. The fraction of sp³-hybridized carbons (Fsp3) is 0. The topological polar surface area (TPSA) is 94.1 Å². The van der Waals surface area contributed by atoms with Crippen molar-refractivity contribution < 1.29 is 24.8 Å². The highest BCUT2D eigenvalue weighted by Gasteiger charge is 2.16. The van der Waals surface area contributed by atoms with Crippen molar-refractivity contribution in [3.8, 4) is 23.4 Å². The Labute approximate surface area is 49.4 Å². The van der Waals surface area contributed by atoms with Crippen LogP contribution in [0.2, 0.25) is 0 Å². The molecule has 0 saturated heterocycles. The molecule has 0 radical (unpaired) electrons. The fourth-order valence-electron chi connectivity index (χ4n) is 0.391. The summed E-state index contributed by atoms with van der Waals surface area (Å²) in [5.74, 6) is -3.50. The second-order valence-electron chi connectivity index (χ2n) is 1.41. The van der Waals surface area contributed by atoms with Crippen LogP contribution in [0.5, 0.6) is 23.4 Å². The Morgan fingerprint density at radius 2 is 1.11 bits per heavy atom. The zero-order chi connectivity index (χ0) is 7.02. The van der Waals surface area contributed by atoms with E-state index in [9.17, 15) is 0 Å². The minimum atomic E-state index is -0.898. The van der Waals surface area contributed by atoms with E-state index in [0.29, 0.717) is 0 Å². The third-order valence-electron chi connectivity index (χ3n) is 0.823. The Hall–Kier alpha value is -1.52. The lowest BCUT2D eigenvalue weighted by atomic mass is 10.5. The van der Waals surface area contributed by atoms with Crippen molar-refractivity contribution in [2.45, 2.75) is 0 Å². The molecule has 9 heavy (non-hydrogen) atoms. The second kappa shape index (κ2) is 1.48. The van der Waals surface area contributed by atoms with Crippen LogP contribution in [0.3, 0.4) is 0 Å². The van der Waals surface area contributed by atoms with Gasteiger partial charge in [0.05, 0.1) is 0 Å². The maximum absolute atomic E-state index is 8.47. The van der Waals surface area contributed by atoms with Gasteiger partial charge in [-0.25, -0.2) is 0 Å². The van der Waals surface area contributed by atoms with E-state index in [2.05, 4.69) is 4.42 Å². The summed E-state index contributed by atoms with van der Waals surface area (Å²) in [4.78, 5) is 0. The molecule has 50 valence electrons. The molecule has 0 aliphatic carbocycles. The first-order valence-corrected chi connectivity index (χ1v) is 2.05. The standard InChI is InChI=1S/C4H4O5/c5-1-2(6)4(8)9-3(1)7/h5-8H. The van der Waals surface area contributed by atoms with E-state index < -0.39 is 23.4 Å². The van der Waals surface area contributed by atoms with E-state index in [1.807, 2.05) is 0 Å². The monoisotopic (exact) mass is 132 g/mol. The maximum atomic E-state index is 8.47. The van der Waals surface area contributed by atoms with Gasteiger partial charge in [0, 0.05) is 0 Å². The van der Waals surface area contributed by atoms with Gasteiger partial charge in [-0.1, -0.05) is 0 Å². The van der Waals surface area contributed by atoms with Gasteiger partial charge in [0.25, 0.3) is 0 Å². The van der Waals surface area contributed by atoms with Crippen molar-refractivity contribution in [2.24, 2.45) is 0 Å². The van der Waals surface area contributed by atoms with Crippen LogP contribution in [0, 0.1) is 0 Å². The number of furan rings is 1. The third-order valence-corrected chi connectivity index (χ3v) is 0.823. The average molecular weight is 132 g/mol. The highest BCUT2D eigenvalue weighted by molar-refractivity contribution is 5.49. The summed E-state index contributed by atoms with van der Waals surface area (Å²) < 4.78 is 3.96. The van der Waals surface area contributed by atoms with Gasteiger partial charge >= 0.3 is 11.9 Å². The van der Waals surface area contributed by atoms with E-state index in [4.69, 9.17) is 20.4 Å². The van der Waals surface area contributed by atoms with Crippen molar-refractivity contribution in [2.75, 3.05) is 0 Å². The first-order chi connectivity index (χ1) is 4.13. The van der Waals surface area contributed by atoms with E-state index in [0.717, 1.165) is 0 Å². The summed E-state index contributed by atoms with van der Waals surface area (Å²) in [6.07, 6.45) is 0. The van der Waals surface area contributed by atoms with Crippen LogP contribution in [0.25, 0.3) is 0 Å². The molecule has 5 nitrogen and oxygen atoms in total. The molecule has 5 heteroatoms. The first-order valence-electron chi connectivity index (χ1n) is 2.05. The Kier molecular flexibility index (Phi) is 0.921. The minimum absolute atomic E-state index is 0.854. The maximum Gasteiger partial charge on any atom is 0.333 e. The molecule has 1 aromatic rings. The summed E-state index contributed by atoms with van der Waals surface area (Å²) in [5, 5.41) is 33.7. The molecule has 0 fully saturated rings. The Morgan fingerprint density at radius 3 is 1.22 bits per heavy atom. The molecule has 1 aromatic heterocycles. The van der Waals surface area contributed by atoms with Gasteiger partial charge in [-0.15, -0.1) is 0 Å². The van der Waals surface area contributed by atoms with Crippen LogP contribution in [-0.2, 0) is 0 Å². The number of rotatable bonds is 0. The molecule has 0 amide bonds. The molecule has 1 heterocycles. The van der Waals surface area contributed by atoms with Crippen LogP contribution in [0.15, 0.2) is 4.42 Å². The second-order valence-corrected chi connectivity index (χ2v) is 1.41. The molecular weight excluding hydrogens is 128 g/mol. The summed E-state index contributed by atoms with van der Waals surface area (Å²) in [6.45, 7) is 0. The Bertz CT molecular complexity index is 203. The summed E-state index contributed by atoms with van der Waals surface area (Å²) >= 11 is 0. The molecule has 4 N–H and O–H groups in total. The zero-order valence-corrected chi connectivity index (χ0v) is 4.20. The number of aromatic hydroxyl groups is 4. The van der Waals surface area contributed by atoms with Gasteiger partial charge in [-0.05, 0) is 0 Å². The fourth-order valence-corrected chi connectivity index (χ4v) is 0.391. The van der Waals surface area contributed by atoms with E-state index in [1.54, 1.807) is 0 Å². The summed E-state index contributed by atoms with van der Waals surface area (Å²) in [7, 11) is 0. The van der Waals surface area contributed by atoms with Crippen molar-refractivity contribution >= 4 is 0 Å². The largest absolute Gasteiger partial charge is 0.499 e. The molecule has 0 bridgehead atoms. The van der Waals surface area contributed by atoms with Crippen molar-refractivity contribution in [3.63, 3.8) is 0 Å². The normalized spacial score (nSPS) is 9.78. The molecule has 0 aliphatic rings. The lowest BCUT2D eigenvalue weighted by Gasteiger charge is -1.81. The Morgan fingerprint density at radius 1 is 0.778 bits per heavy atom. The quantitative estimate of drug-likeness (QED) is 0.401. The molecule has 0 unspecified atom stereocenters. The molecule has 0 spiro atoms. The highest BCUT2D eigenvalue weighted by atomic mass is 16.6. The van der Waals surface area contributed by atoms with Crippen LogP contribution in [-0.4, -0.2) is 20.4 Å². The number of hydrogen-bond donors (Lipinski definition) is 4. The molecule has 0 atom stereocenters. The van der Waals surface area contributed by atoms with Gasteiger partial charge in [-0.2, -0.15) is 0 Å². The lowest BCUT2D eigenvalue weighted by Crippen LogP contribution is -1.56. The first kappa shape index (κ1) is 5.61. The van der Waals surface area contributed by atoms with E-state index in [-0.39, 0.29) is 0 Å². The van der Waals surface area contributed by atoms with Gasteiger partial charge in [-0.3, -0.25) is 0 Å². The highest BCUT2D eigenvalue weighted by Crippen LogP contribution is 2.44. The van der Waals surface area contributed by atoms with Crippen LogP contribution in [0.1, 0.15) is 0 Å². The molecule has 0 aromatic carbocycles. The molecule has 0 saturated carbocycles. The molecule has 0 aliphatic heterocycles. The summed E-state index contributed by atoms with van der Waals surface area (Å²) in [6, 6.07) is 0. The van der Waals surface area contributed by atoms with Crippen LogP contribution in [0.4, 0.5) is 0 Å². The van der Waals surface area contributed by atoms with Crippen molar-refractivity contribution in [1.82, 2.24) is 0 Å². The molecular formula is C4H4O5. The zero-order valence-electron chi connectivity index (χ0n) is 4.20. The average Bonchev–Trinajstić information content (AvgIpc) is 1.98. The predicted octanol–water partition coefficient (Wildman–Crippen LogP) is 0.102. The smallest absolute Gasteiger partial charge is 0.333 e.